The van der Waals surface area contributed by atoms with Crippen molar-refractivity contribution in [1.29, 1.82) is 0 Å². The van der Waals surface area contributed by atoms with Gasteiger partial charge < -0.3 is 4.74 Å². The topological polar surface area (TPSA) is 77.3 Å². The molecule has 0 N–H and O–H groups in total. The van der Waals surface area contributed by atoms with Crippen LogP contribution in [0.3, 0.4) is 0 Å². The fourth-order valence-electron chi connectivity index (χ4n) is 2.27. The first-order valence-corrected chi connectivity index (χ1v) is 9.26. The third kappa shape index (κ3) is 5.11. The molecule has 0 aliphatic rings. The molecule has 1 amide bonds. The molecule has 7 nitrogen and oxygen atoms in total. The van der Waals surface area contributed by atoms with Gasteiger partial charge in [0, 0.05) is 30.9 Å². The van der Waals surface area contributed by atoms with Gasteiger partial charge in [0.2, 0.25) is 0 Å². The summed E-state index contributed by atoms with van der Waals surface area (Å²) in [5, 5.41) is 3.77. The second-order valence-corrected chi connectivity index (χ2v) is 6.75. The molecule has 0 atom stereocenters. The number of hydrogen-bond acceptors (Lipinski definition) is 6. The highest BCUT2D eigenvalue weighted by atomic mass is 32.1. The van der Waals surface area contributed by atoms with Gasteiger partial charge in [-0.1, -0.05) is 17.4 Å². The zero-order valence-corrected chi connectivity index (χ0v) is 16.8. The van der Waals surface area contributed by atoms with Crippen molar-refractivity contribution in [2.75, 3.05) is 18.1 Å². The highest BCUT2D eigenvalue weighted by molar-refractivity contribution is 7.17. The lowest BCUT2D eigenvalue weighted by molar-refractivity contribution is -0.141. The van der Waals surface area contributed by atoms with Gasteiger partial charge in [0.15, 0.2) is 10.8 Å². The number of aryl methyl sites for hydroxylation is 1. The monoisotopic (exact) mass is 428 g/mol. The van der Waals surface area contributed by atoms with Gasteiger partial charge in [-0.25, -0.2) is 9.78 Å². The van der Waals surface area contributed by atoms with Crippen molar-refractivity contribution < 1.29 is 27.5 Å². The van der Waals surface area contributed by atoms with Crippen LogP contribution >= 0.6 is 11.3 Å². The second-order valence-electron chi connectivity index (χ2n) is 5.77. The normalized spacial score (nSPS) is 11.7. The number of carbonyl (C=O) groups excluding carboxylic acids is 2. The van der Waals surface area contributed by atoms with Crippen molar-refractivity contribution in [3.63, 3.8) is 0 Å². The number of rotatable bonds is 7. The number of carbonyl (C=O) groups is 2. The summed E-state index contributed by atoms with van der Waals surface area (Å²) in [5.74, 6) is -1.76. The number of alkyl halides is 3. The molecule has 0 aliphatic carbocycles. The average molecular weight is 428 g/mol. The lowest BCUT2D eigenvalue weighted by Crippen LogP contribution is -2.29. The maximum atomic E-state index is 13.3. The largest absolute Gasteiger partial charge is 0.462 e. The van der Waals surface area contributed by atoms with Crippen molar-refractivity contribution in [3.05, 3.63) is 46.8 Å². The summed E-state index contributed by atoms with van der Waals surface area (Å²) in [6.07, 6.45) is 0.737. The molecule has 0 bridgehead atoms. The van der Waals surface area contributed by atoms with E-state index in [0.717, 1.165) is 10.6 Å². The fraction of sp³-hybridized carbons (Fsp3) is 0.333. The van der Waals surface area contributed by atoms with Crippen molar-refractivity contribution in [1.82, 2.24) is 14.8 Å². The van der Waals surface area contributed by atoms with Crippen LogP contribution in [0.4, 0.5) is 18.3 Å². The van der Waals surface area contributed by atoms with Gasteiger partial charge in [0.1, 0.15) is 4.88 Å². The molecule has 2 aromatic heterocycles. The maximum Gasteiger partial charge on any atom is 0.435 e. The molecule has 0 saturated carbocycles. The molecular weight excluding hydrogens is 409 g/mol. The summed E-state index contributed by atoms with van der Waals surface area (Å²) in [6.45, 7) is 6.62. The highest BCUT2D eigenvalue weighted by Gasteiger charge is 2.41. The number of ether oxygens (including phenoxy) is 1. The van der Waals surface area contributed by atoms with E-state index in [1.54, 1.807) is 24.9 Å². The van der Waals surface area contributed by atoms with Gasteiger partial charge in [-0.15, -0.1) is 6.58 Å². The van der Waals surface area contributed by atoms with Crippen molar-refractivity contribution in [3.8, 4) is 0 Å². The smallest absolute Gasteiger partial charge is 0.435 e. The zero-order chi connectivity index (χ0) is 21.8. The Morgan fingerprint density at radius 1 is 1.41 bits per heavy atom. The van der Waals surface area contributed by atoms with Crippen LogP contribution in [0.5, 0.6) is 0 Å². The molecule has 0 unspecified atom stereocenters. The third-order valence-electron chi connectivity index (χ3n) is 3.83. The van der Waals surface area contributed by atoms with Crippen molar-refractivity contribution >= 4 is 34.4 Å². The molecular formula is C18H19F3N4O3S. The van der Waals surface area contributed by atoms with Gasteiger partial charge >= 0.3 is 12.1 Å². The molecule has 0 spiro atoms. The van der Waals surface area contributed by atoms with Crippen LogP contribution in [-0.4, -0.2) is 39.8 Å². The minimum atomic E-state index is -4.87. The Morgan fingerprint density at radius 3 is 2.62 bits per heavy atom. The molecule has 2 rings (SSSR count). The van der Waals surface area contributed by atoms with Crippen molar-refractivity contribution in [2.24, 2.45) is 7.05 Å². The SMILES string of the molecule is C=CCN(C(=O)C=Cc1cnn(C)c1C)c1nc(C(F)(F)F)c(C(=O)OCC)s1. The van der Waals surface area contributed by atoms with E-state index in [-0.39, 0.29) is 18.3 Å². The van der Waals surface area contributed by atoms with Crippen LogP contribution in [0.25, 0.3) is 6.08 Å². The molecule has 0 aliphatic heterocycles. The number of esters is 1. The van der Waals surface area contributed by atoms with E-state index in [1.807, 2.05) is 0 Å². The first-order chi connectivity index (χ1) is 13.6. The van der Waals surface area contributed by atoms with Gasteiger partial charge in [0.05, 0.1) is 12.8 Å². The van der Waals surface area contributed by atoms with Crippen molar-refractivity contribution in [2.45, 2.75) is 20.0 Å². The number of nitrogens with zero attached hydrogens (tertiary/aromatic N) is 4. The first-order valence-electron chi connectivity index (χ1n) is 8.44. The minimum Gasteiger partial charge on any atom is -0.462 e. The van der Waals surface area contributed by atoms with E-state index in [2.05, 4.69) is 21.4 Å². The lowest BCUT2D eigenvalue weighted by Gasteiger charge is -2.15. The maximum absolute atomic E-state index is 13.3. The number of amides is 1. The Hall–Kier alpha value is -2.95. The number of anilines is 1. The molecule has 0 fully saturated rings. The Morgan fingerprint density at radius 2 is 2.10 bits per heavy atom. The summed E-state index contributed by atoms with van der Waals surface area (Å²) < 4.78 is 46.3. The van der Waals surface area contributed by atoms with Crippen LogP contribution in [0, 0.1) is 6.92 Å². The number of hydrogen-bond donors (Lipinski definition) is 0. The fourth-order valence-corrected chi connectivity index (χ4v) is 3.27. The van der Waals surface area contributed by atoms with E-state index in [4.69, 9.17) is 0 Å². The molecule has 2 aromatic rings. The van der Waals surface area contributed by atoms with Gasteiger partial charge in [-0.3, -0.25) is 14.4 Å². The third-order valence-corrected chi connectivity index (χ3v) is 4.89. The first kappa shape index (κ1) is 22.3. The van der Waals surface area contributed by atoms with Crippen LogP contribution in [0.15, 0.2) is 24.9 Å². The summed E-state index contributed by atoms with van der Waals surface area (Å²) in [6, 6.07) is 0. The Labute approximate surface area is 169 Å². The Balaban J connectivity index is 2.41. The van der Waals surface area contributed by atoms with E-state index < -0.39 is 28.6 Å². The quantitative estimate of drug-likeness (QED) is 0.383. The van der Waals surface area contributed by atoms with E-state index in [0.29, 0.717) is 16.9 Å². The average Bonchev–Trinajstić information content (AvgIpc) is 3.23. The summed E-state index contributed by atoms with van der Waals surface area (Å²) in [4.78, 5) is 28.3. The molecule has 0 radical (unpaired) electrons. The minimum absolute atomic E-state index is 0.0914. The molecule has 156 valence electrons. The Bertz CT molecular complexity index is 947. The summed E-state index contributed by atoms with van der Waals surface area (Å²) >= 11 is 0.441. The van der Waals surface area contributed by atoms with Crippen LogP contribution in [0.2, 0.25) is 0 Å². The van der Waals surface area contributed by atoms with Crippen LogP contribution < -0.4 is 4.90 Å². The molecule has 2 heterocycles. The predicted octanol–water partition coefficient (Wildman–Crippen LogP) is 3.61. The van der Waals surface area contributed by atoms with Gasteiger partial charge in [0.25, 0.3) is 5.91 Å². The number of aromatic nitrogens is 3. The highest BCUT2D eigenvalue weighted by Crippen LogP contribution is 2.38. The molecule has 0 aromatic carbocycles. The van der Waals surface area contributed by atoms with E-state index >= 15 is 0 Å². The summed E-state index contributed by atoms with van der Waals surface area (Å²) in [5.41, 5.74) is 0.106. The van der Waals surface area contributed by atoms with E-state index in [1.165, 1.54) is 25.2 Å². The number of thiazole rings is 1. The Kier molecular flexibility index (Phi) is 6.96. The van der Waals surface area contributed by atoms with Crippen LogP contribution in [0.1, 0.15) is 33.5 Å². The van der Waals surface area contributed by atoms with E-state index in [9.17, 15) is 22.8 Å². The standard InChI is InChI=1S/C18H19F3N4O3S/c1-5-9-25(13(26)8-7-12-10-22-24(4)11(12)3)17-23-15(18(19,20)21)14(29-17)16(27)28-6-2/h5,7-8,10H,1,6,9H2,2-4H3. The molecule has 0 saturated heterocycles. The van der Waals surface area contributed by atoms with Gasteiger partial charge in [-0.2, -0.15) is 18.3 Å². The predicted molar refractivity (Wildman–Crippen MR) is 103 cm³/mol. The molecule has 29 heavy (non-hydrogen) atoms. The second kappa shape index (κ2) is 9.03. The van der Waals surface area contributed by atoms with Gasteiger partial charge in [-0.05, 0) is 19.9 Å². The van der Waals surface area contributed by atoms with Crippen LogP contribution in [-0.2, 0) is 22.8 Å². The zero-order valence-electron chi connectivity index (χ0n) is 16.0. The lowest BCUT2D eigenvalue weighted by atomic mass is 10.2. The molecule has 11 heteroatoms. The summed E-state index contributed by atoms with van der Waals surface area (Å²) in [7, 11) is 1.74. The number of halogens is 3.